The van der Waals surface area contributed by atoms with E-state index >= 15 is 0 Å². The first-order valence-electron chi connectivity index (χ1n) is 8.12. The molecule has 0 radical (unpaired) electrons. The first kappa shape index (κ1) is 18.5. The van der Waals surface area contributed by atoms with Gasteiger partial charge in [-0.1, -0.05) is 39.7 Å². The monoisotopic (exact) mass is 429 g/mol. The highest BCUT2D eigenvalue weighted by Gasteiger charge is 2.15. The Morgan fingerprint density at radius 3 is 2.88 bits per heavy atom. The fourth-order valence-corrected chi connectivity index (χ4v) is 3.66. The Morgan fingerprint density at radius 2 is 2.12 bits per heavy atom. The van der Waals surface area contributed by atoms with Gasteiger partial charge in [-0.25, -0.2) is 4.98 Å². The topological polar surface area (TPSA) is 50.8 Å². The van der Waals surface area contributed by atoms with Crippen molar-refractivity contribution in [2.75, 3.05) is 7.11 Å². The predicted molar refractivity (Wildman–Crippen MR) is 106 cm³/mol. The van der Waals surface area contributed by atoms with Crippen LogP contribution in [0.2, 0.25) is 5.02 Å². The van der Waals surface area contributed by atoms with Crippen LogP contribution in [0.3, 0.4) is 0 Å². The Morgan fingerprint density at radius 1 is 1.27 bits per heavy atom. The summed E-state index contributed by atoms with van der Waals surface area (Å²) in [7, 11) is 1.67. The number of rotatable bonds is 6. The molecule has 0 amide bonds. The molecular weight excluding hydrogens is 414 g/mol. The molecule has 0 saturated heterocycles. The van der Waals surface area contributed by atoms with E-state index in [0.717, 1.165) is 45.6 Å². The molecule has 6 heteroatoms. The van der Waals surface area contributed by atoms with Gasteiger partial charge in [0.15, 0.2) is 0 Å². The molecule has 1 aromatic heterocycles. The molecular formula is C20H17BrClN3O. The molecule has 2 aromatic carbocycles. The second-order valence-electron chi connectivity index (χ2n) is 5.76. The molecule has 0 saturated carbocycles. The van der Waals surface area contributed by atoms with Crippen molar-refractivity contribution >= 4 is 27.5 Å². The smallest absolute Gasteiger partial charge is 0.141 e. The van der Waals surface area contributed by atoms with Crippen LogP contribution in [0.25, 0.3) is 11.4 Å². The molecule has 26 heavy (non-hydrogen) atoms. The van der Waals surface area contributed by atoms with Gasteiger partial charge < -0.3 is 9.30 Å². The van der Waals surface area contributed by atoms with Crippen molar-refractivity contribution in [2.45, 2.75) is 19.4 Å². The maximum Gasteiger partial charge on any atom is 0.141 e. The zero-order chi connectivity index (χ0) is 18.5. The molecule has 0 aliphatic heterocycles. The van der Waals surface area contributed by atoms with Gasteiger partial charge in [-0.15, -0.1) is 0 Å². The molecule has 0 fully saturated rings. The molecule has 0 aliphatic carbocycles. The van der Waals surface area contributed by atoms with Crippen molar-refractivity contribution < 1.29 is 4.74 Å². The Labute approximate surface area is 166 Å². The summed E-state index contributed by atoms with van der Waals surface area (Å²) >= 11 is 10.0. The zero-order valence-electron chi connectivity index (χ0n) is 14.2. The highest BCUT2D eigenvalue weighted by Crippen LogP contribution is 2.31. The number of nitrogens with zero attached hydrogens (tertiary/aromatic N) is 3. The van der Waals surface area contributed by atoms with Crippen molar-refractivity contribution in [3.05, 3.63) is 69.4 Å². The summed E-state index contributed by atoms with van der Waals surface area (Å²) in [6, 6.07) is 13.9. The van der Waals surface area contributed by atoms with E-state index in [0.29, 0.717) is 5.02 Å². The second-order valence-corrected chi connectivity index (χ2v) is 7.08. The summed E-state index contributed by atoms with van der Waals surface area (Å²) in [5.74, 6) is 1.61. The van der Waals surface area contributed by atoms with Gasteiger partial charge in [0.25, 0.3) is 0 Å². The van der Waals surface area contributed by atoms with Crippen LogP contribution in [0.4, 0.5) is 0 Å². The van der Waals surface area contributed by atoms with Gasteiger partial charge in [0, 0.05) is 27.5 Å². The number of benzene rings is 2. The summed E-state index contributed by atoms with van der Waals surface area (Å²) in [6.07, 6.45) is 5.02. The van der Waals surface area contributed by atoms with Gasteiger partial charge in [-0.2, -0.15) is 5.26 Å². The van der Waals surface area contributed by atoms with Crippen LogP contribution in [0, 0.1) is 11.3 Å². The zero-order valence-corrected chi connectivity index (χ0v) is 16.6. The van der Waals surface area contributed by atoms with E-state index in [9.17, 15) is 0 Å². The Kier molecular flexibility index (Phi) is 5.97. The van der Waals surface area contributed by atoms with Crippen molar-refractivity contribution in [1.29, 1.82) is 5.26 Å². The third-order valence-corrected chi connectivity index (χ3v) is 5.05. The van der Waals surface area contributed by atoms with E-state index < -0.39 is 0 Å². The molecule has 0 N–H and O–H groups in total. The third kappa shape index (κ3) is 3.92. The predicted octanol–water partition coefficient (Wildman–Crippen LogP) is 5.28. The van der Waals surface area contributed by atoms with Crippen molar-refractivity contribution in [3.8, 4) is 23.2 Å². The van der Waals surface area contributed by atoms with Crippen LogP contribution in [-0.4, -0.2) is 16.7 Å². The lowest BCUT2D eigenvalue weighted by molar-refractivity contribution is 0.409. The van der Waals surface area contributed by atoms with Crippen molar-refractivity contribution in [2.24, 2.45) is 0 Å². The number of hydrogen-bond donors (Lipinski definition) is 0. The Bertz CT molecular complexity index is 962. The lowest BCUT2D eigenvalue weighted by atomic mass is 9.98. The summed E-state index contributed by atoms with van der Waals surface area (Å²) in [4.78, 5) is 4.43. The van der Waals surface area contributed by atoms with E-state index in [-0.39, 0.29) is 6.54 Å². The fourth-order valence-electron chi connectivity index (χ4n) is 2.98. The quantitative estimate of drug-likeness (QED) is 0.534. The van der Waals surface area contributed by atoms with Gasteiger partial charge in [-0.3, -0.25) is 0 Å². The van der Waals surface area contributed by atoms with E-state index in [1.54, 1.807) is 19.5 Å². The average Bonchev–Trinajstić information content (AvgIpc) is 3.09. The lowest BCUT2D eigenvalue weighted by Crippen LogP contribution is -2.02. The lowest BCUT2D eigenvalue weighted by Gasteiger charge is -2.14. The molecule has 0 aliphatic rings. The van der Waals surface area contributed by atoms with Crippen molar-refractivity contribution in [3.63, 3.8) is 0 Å². The molecule has 132 valence electrons. The number of halogens is 2. The van der Waals surface area contributed by atoms with Gasteiger partial charge in [-0.05, 0) is 48.2 Å². The number of aryl methyl sites for hydroxylation is 1. The first-order valence-corrected chi connectivity index (χ1v) is 9.29. The minimum absolute atomic E-state index is 0.251. The molecule has 3 aromatic rings. The average molecular weight is 431 g/mol. The summed E-state index contributed by atoms with van der Waals surface area (Å²) in [5.41, 5.74) is 3.07. The molecule has 0 bridgehead atoms. The number of ether oxygens (including phenoxy) is 1. The summed E-state index contributed by atoms with van der Waals surface area (Å²) in [5, 5.41) is 9.72. The van der Waals surface area contributed by atoms with Crippen LogP contribution >= 0.6 is 27.5 Å². The van der Waals surface area contributed by atoms with Gasteiger partial charge in [0.05, 0.1) is 13.2 Å². The third-order valence-electron chi connectivity index (χ3n) is 4.20. The first-order chi connectivity index (χ1) is 12.6. The molecule has 0 unspecified atom stereocenters. The van der Waals surface area contributed by atoms with E-state index in [1.807, 2.05) is 34.9 Å². The minimum atomic E-state index is 0.251. The van der Waals surface area contributed by atoms with E-state index in [1.165, 1.54) is 0 Å². The van der Waals surface area contributed by atoms with E-state index in [4.69, 9.17) is 21.6 Å². The minimum Gasteiger partial charge on any atom is -0.496 e. The molecule has 3 rings (SSSR count). The maximum atomic E-state index is 9.03. The Hall–Kier alpha value is -2.29. The second kappa shape index (κ2) is 8.39. The molecule has 1 heterocycles. The Balaban J connectivity index is 1.95. The molecule has 4 nitrogen and oxygen atoms in total. The van der Waals surface area contributed by atoms with Gasteiger partial charge in [0.1, 0.15) is 18.1 Å². The van der Waals surface area contributed by atoms with Crippen LogP contribution in [0.15, 0.2) is 53.3 Å². The summed E-state index contributed by atoms with van der Waals surface area (Å²) in [6.45, 7) is 0.251. The van der Waals surface area contributed by atoms with Gasteiger partial charge in [0.2, 0.25) is 0 Å². The van der Waals surface area contributed by atoms with Gasteiger partial charge >= 0.3 is 0 Å². The van der Waals surface area contributed by atoms with Crippen molar-refractivity contribution in [1.82, 2.24) is 9.55 Å². The normalized spacial score (nSPS) is 10.5. The maximum absolute atomic E-state index is 9.03. The standard InChI is InChI=1S/C20H17BrClN3O/c1-26-19-8-6-15(21)13-14(19)5-7-16-17(3-2-4-18(16)22)20-24-10-12-25(20)11-9-23/h2-4,6,8,10,12-13H,5,7,11H2,1H3. The van der Waals surface area contributed by atoms with Crippen LogP contribution in [0.1, 0.15) is 11.1 Å². The van der Waals surface area contributed by atoms with Crippen LogP contribution in [-0.2, 0) is 19.4 Å². The van der Waals surface area contributed by atoms with E-state index in [2.05, 4.69) is 33.0 Å². The number of imidazole rings is 1. The number of hydrogen-bond acceptors (Lipinski definition) is 3. The number of aromatic nitrogens is 2. The highest BCUT2D eigenvalue weighted by molar-refractivity contribution is 9.10. The van der Waals surface area contributed by atoms with Crippen LogP contribution in [0.5, 0.6) is 5.75 Å². The highest BCUT2D eigenvalue weighted by atomic mass is 79.9. The van der Waals surface area contributed by atoms with Crippen LogP contribution < -0.4 is 4.74 Å². The molecule has 0 spiro atoms. The SMILES string of the molecule is COc1ccc(Br)cc1CCc1c(Cl)cccc1-c1nccn1CC#N. The number of nitriles is 1. The fraction of sp³-hybridized carbons (Fsp3) is 0.200. The molecule has 0 atom stereocenters. The summed E-state index contributed by atoms with van der Waals surface area (Å²) < 4.78 is 8.31. The largest absolute Gasteiger partial charge is 0.496 e. The number of methoxy groups -OCH3 is 1.